The van der Waals surface area contributed by atoms with E-state index >= 15 is 0 Å². The Morgan fingerprint density at radius 1 is 0.909 bits per heavy atom. The first-order valence-corrected chi connectivity index (χ1v) is 11.7. The summed E-state index contributed by atoms with van der Waals surface area (Å²) in [6.07, 6.45) is 1.68. The molecule has 33 heavy (non-hydrogen) atoms. The number of thioether (sulfide) groups is 1. The van der Waals surface area contributed by atoms with Gasteiger partial charge < -0.3 is 9.47 Å². The van der Waals surface area contributed by atoms with E-state index in [4.69, 9.17) is 32.7 Å². The van der Waals surface area contributed by atoms with E-state index in [1.807, 2.05) is 25.1 Å². The van der Waals surface area contributed by atoms with E-state index in [-0.39, 0.29) is 17.8 Å². The Balaban J connectivity index is 1.54. The van der Waals surface area contributed by atoms with Crippen LogP contribution in [0.4, 0.5) is 10.5 Å². The average molecular weight is 500 g/mol. The molecule has 0 aliphatic carbocycles. The first kappa shape index (κ1) is 23.2. The van der Waals surface area contributed by atoms with Crippen LogP contribution in [0.25, 0.3) is 6.08 Å². The molecule has 1 saturated heterocycles. The lowest BCUT2D eigenvalue weighted by molar-refractivity contribution is -0.113. The molecule has 3 aromatic rings. The predicted molar refractivity (Wildman–Crippen MR) is 133 cm³/mol. The van der Waals surface area contributed by atoms with E-state index in [0.29, 0.717) is 38.7 Å². The minimum atomic E-state index is -0.353. The molecule has 0 N–H and O–H groups in total. The van der Waals surface area contributed by atoms with Gasteiger partial charge in [0.2, 0.25) is 0 Å². The second-order valence-corrected chi connectivity index (χ2v) is 8.84. The van der Waals surface area contributed by atoms with Crippen LogP contribution in [0.1, 0.15) is 18.1 Å². The number of hydrogen-bond acceptors (Lipinski definition) is 5. The Hall–Kier alpha value is -2.93. The smallest absolute Gasteiger partial charge is 0.298 e. The summed E-state index contributed by atoms with van der Waals surface area (Å²) in [4.78, 5) is 26.8. The SMILES string of the molecule is CCOc1cc(/C=C2/SC(=O)N(c3ccccc3)C2=O)ccc1OCc1ccc(Cl)c(Cl)c1. The van der Waals surface area contributed by atoms with Crippen molar-refractivity contribution in [1.29, 1.82) is 0 Å². The molecule has 3 aromatic carbocycles. The van der Waals surface area contributed by atoms with Crippen molar-refractivity contribution in [2.45, 2.75) is 13.5 Å². The summed E-state index contributed by atoms with van der Waals surface area (Å²) in [6, 6.07) is 19.5. The number of nitrogens with zero attached hydrogens (tertiary/aromatic N) is 1. The zero-order chi connectivity index (χ0) is 23.4. The lowest BCUT2D eigenvalue weighted by Crippen LogP contribution is -2.27. The first-order valence-electron chi connectivity index (χ1n) is 10.1. The molecule has 5 nitrogen and oxygen atoms in total. The van der Waals surface area contributed by atoms with Crippen LogP contribution in [0, 0.1) is 0 Å². The Bertz CT molecular complexity index is 1230. The molecule has 4 rings (SSSR count). The second kappa shape index (κ2) is 10.3. The molecule has 1 fully saturated rings. The van der Waals surface area contributed by atoms with Gasteiger partial charge in [-0.05, 0) is 72.3 Å². The highest BCUT2D eigenvalue weighted by Crippen LogP contribution is 2.37. The number of ether oxygens (including phenoxy) is 2. The van der Waals surface area contributed by atoms with Crippen molar-refractivity contribution < 1.29 is 19.1 Å². The van der Waals surface area contributed by atoms with Gasteiger partial charge in [0, 0.05) is 0 Å². The summed E-state index contributed by atoms with van der Waals surface area (Å²) in [5.74, 6) is 0.736. The van der Waals surface area contributed by atoms with E-state index in [0.717, 1.165) is 22.9 Å². The number of benzene rings is 3. The molecular formula is C25H19Cl2NO4S. The summed E-state index contributed by atoms with van der Waals surface area (Å²) in [5.41, 5.74) is 2.13. The van der Waals surface area contributed by atoms with Crippen molar-refractivity contribution in [3.8, 4) is 11.5 Å². The highest BCUT2D eigenvalue weighted by atomic mass is 35.5. The molecular weight excluding hydrogens is 481 g/mol. The number of hydrogen-bond donors (Lipinski definition) is 0. The van der Waals surface area contributed by atoms with Crippen LogP contribution in [-0.2, 0) is 11.4 Å². The van der Waals surface area contributed by atoms with Gasteiger partial charge in [-0.15, -0.1) is 0 Å². The predicted octanol–water partition coefficient (Wildman–Crippen LogP) is 7.21. The number of carbonyl (C=O) groups excluding carboxylic acids is 2. The zero-order valence-corrected chi connectivity index (χ0v) is 19.9. The van der Waals surface area contributed by atoms with Crippen LogP contribution < -0.4 is 14.4 Å². The van der Waals surface area contributed by atoms with Crippen LogP contribution in [0.15, 0.2) is 71.6 Å². The van der Waals surface area contributed by atoms with Gasteiger partial charge in [-0.3, -0.25) is 9.59 Å². The topological polar surface area (TPSA) is 55.8 Å². The van der Waals surface area contributed by atoms with Gasteiger partial charge in [-0.2, -0.15) is 0 Å². The number of halogens is 2. The number of carbonyl (C=O) groups is 2. The van der Waals surface area contributed by atoms with Crippen LogP contribution in [0.2, 0.25) is 10.0 Å². The molecule has 0 aromatic heterocycles. The Labute approximate surface area is 205 Å². The zero-order valence-electron chi connectivity index (χ0n) is 17.6. The molecule has 8 heteroatoms. The normalized spacial score (nSPS) is 14.8. The number of anilines is 1. The van der Waals surface area contributed by atoms with E-state index in [1.54, 1.807) is 54.6 Å². The number of imide groups is 1. The Morgan fingerprint density at radius 3 is 2.42 bits per heavy atom. The molecule has 2 amide bonds. The second-order valence-electron chi connectivity index (χ2n) is 7.03. The first-order chi connectivity index (χ1) is 16.0. The Morgan fingerprint density at radius 2 is 1.70 bits per heavy atom. The van der Waals surface area contributed by atoms with Gasteiger partial charge in [-0.25, -0.2) is 4.90 Å². The summed E-state index contributed by atoms with van der Waals surface area (Å²) in [7, 11) is 0. The molecule has 0 atom stereocenters. The molecule has 168 valence electrons. The minimum Gasteiger partial charge on any atom is -0.490 e. The van der Waals surface area contributed by atoms with Crippen LogP contribution in [0.3, 0.4) is 0 Å². The van der Waals surface area contributed by atoms with Crippen molar-refractivity contribution >= 4 is 57.9 Å². The maximum atomic E-state index is 12.8. The quantitative estimate of drug-likeness (QED) is 0.321. The van der Waals surface area contributed by atoms with Crippen molar-refractivity contribution in [1.82, 2.24) is 0 Å². The van der Waals surface area contributed by atoms with E-state index < -0.39 is 0 Å². The maximum absolute atomic E-state index is 12.8. The number of amides is 2. The molecule has 0 bridgehead atoms. The molecule has 1 aliphatic rings. The molecule has 0 spiro atoms. The monoisotopic (exact) mass is 499 g/mol. The lowest BCUT2D eigenvalue weighted by Gasteiger charge is -2.13. The van der Waals surface area contributed by atoms with Gasteiger partial charge in [-0.1, -0.05) is 53.5 Å². The largest absolute Gasteiger partial charge is 0.490 e. The van der Waals surface area contributed by atoms with Gasteiger partial charge in [0.15, 0.2) is 11.5 Å². The minimum absolute atomic E-state index is 0.284. The molecule has 0 unspecified atom stereocenters. The fourth-order valence-corrected chi connectivity index (χ4v) is 4.37. The van der Waals surface area contributed by atoms with Crippen LogP contribution in [0.5, 0.6) is 11.5 Å². The third kappa shape index (κ3) is 5.36. The summed E-state index contributed by atoms with van der Waals surface area (Å²) in [5, 5.41) is 0.614. The van der Waals surface area contributed by atoms with Gasteiger partial charge in [0.1, 0.15) is 6.61 Å². The van der Waals surface area contributed by atoms with Crippen molar-refractivity contribution in [2.75, 3.05) is 11.5 Å². The fraction of sp³-hybridized carbons (Fsp3) is 0.120. The standard InChI is InChI=1S/C25H19Cl2NO4S/c1-2-31-22-13-16(9-11-21(22)32-15-17-8-10-19(26)20(27)12-17)14-23-24(29)28(25(30)33-23)18-6-4-3-5-7-18/h3-14H,2,15H2,1H3/b23-14+. The number of para-hydroxylation sites is 1. The molecule has 1 aliphatic heterocycles. The Kier molecular flexibility index (Phi) is 7.28. The lowest BCUT2D eigenvalue weighted by atomic mass is 10.1. The van der Waals surface area contributed by atoms with Gasteiger partial charge in [0.05, 0.1) is 27.2 Å². The van der Waals surface area contributed by atoms with Crippen LogP contribution >= 0.6 is 35.0 Å². The van der Waals surface area contributed by atoms with E-state index in [2.05, 4.69) is 0 Å². The molecule has 0 saturated carbocycles. The highest BCUT2D eigenvalue weighted by molar-refractivity contribution is 8.19. The van der Waals surface area contributed by atoms with E-state index in [9.17, 15) is 9.59 Å². The third-order valence-corrected chi connectivity index (χ3v) is 6.36. The highest BCUT2D eigenvalue weighted by Gasteiger charge is 2.36. The fourth-order valence-electron chi connectivity index (χ4n) is 3.21. The number of rotatable bonds is 7. The summed E-state index contributed by atoms with van der Waals surface area (Å²) < 4.78 is 11.7. The summed E-state index contributed by atoms with van der Waals surface area (Å²) >= 11 is 12.9. The molecule has 1 heterocycles. The third-order valence-electron chi connectivity index (χ3n) is 4.75. The summed E-state index contributed by atoms with van der Waals surface area (Å²) in [6.45, 7) is 2.60. The molecule has 0 radical (unpaired) electrons. The van der Waals surface area contributed by atoms with Gasteiger partial charge in [0.25, 0.3) is 11.1 Å². The van der Waals surface area contributed by atoms with Crippen molar-refractivity contribution in [3.05, 3.63) is 92.8 Å². The average Bonchev–Trinajstić information content (AvgIpc) is 3.09. The maximum Gasteiger partial charge on any atom is 0.298 e. The van der Waals surface area contributed by atoms with Crippen molar-refractivity contribution in [3.63, 3.8) is 0 Å². The van der Waals surface area contributed by atoms with Crippen LogP contribution in [-0.4, -0.2) is 17.8 Å². The van der Waals surface area contributed by atoms with E-state index in [1.165, 1.54) is 4.90 Å². The van der Waals surface area contributed by atoms with Gasteiger partial charge >= 0.3 is 0 Å². The van der Waals surface area contributed by atoms with Crippen molar-refractivity contribution in [2.24, 2.45) is 0 Å².